The van der Waals surface area contributed by atoms with Crippen LogP contribution in [0.5, 0.6) is 5.75 Å². The van der Waals surface area contributed by atoms with E-state index in [1.807, 2.05) is 0 Å². The highest BCUT2D eigenvalue weighted by Crippen LogP contribution is 2.15. The van der Waals surface area contributed by atoms with Crippen molar-refractivity contribution in [1.82, 2.24) is 5.32 Å². The van der Waals surface area contributed by atoms with Crippen molar-refractivity contribution >= 4 is 11.7 Å². The van der Waals surface area contributed by atoms with Gasteiger partial charge in [0.05, 0.1) is 0 Å². The zero-order chi connectivity index (χ0) is 15.9. The largest absolute Gasteiger partial charge is 0.435 e. The quantitative estimate of drug-likeness (QED) is 0.883. The number of hydrogen-bond acceptors (Lipinski definition) is 2. The molecular weight excluding hydrogens is 297 g/mol. The summed E-state index contributed by atoms with van der Waals surface area (Å²) in [5, 5.41) is 5.13. The summed E-state index contributed by atoms with van der Waals surface area (Å²) < 4.78 is 40.9. The van der Waals surface area contributed by atoms with Gasteiger partial charge in [0.2, 0.25) is 0 Å². The first-order chi connectivity index (χ1) is 10.5. The van der Waals surface area contributed by atoms with Crippen LogP contribution in [0.1, 0.15) is 5.56 Å². The molecule has 2 aromatic rings. The van der Waals surface area contributed by atoms with Crippen LogP contribution < -0.4 is 15.4 Å². The lowest BCUT2D eigenvalue weighted by atomic mass is 10.2. The van der Waals surface area contributed by atoms with Crippen molar-refractivity contribution in [1.29, 1.82) is 0 Å². The maximum Gasteiger partial charge on any atom is 0.387 e. The number of nitrogens with one attached hydrogen (secondary N) is 2. The number of alkyl halides is 2. The molecule has 0 radical (unpaired) electrons. The first-order valence-corrected chi connectivity index (χ1v) is 6.37. The van der Waals surface area contributed by atoms with Gasteiger partial charge in [-0.1, -0.05) is 12.1 Å². The number of benzene rings is 2. The Kier molecular flexibility index (Phi) is 5.24. The minimum Gasteiger partial charge on any atom is -0.435 e. The Bertz CT molecular complexity index is 616. The van der Waals surface area contributed by atoms with Gasteiger partial charge < -0.3 is 15.4 Å². The van der Waals surface area contributed by atoms with Gasteiger partial charge in [-0.05, 0) is 42.0 Å². The molecule has 0 atom stereocenters. The molecule has 2 aromatic carbocycles. The molecule has 2 amide bonds. The lowest BCUT2D eigenvalue weighted by molar-refractivity contribution is -0.0498. The van der Waals surface area contributed by atoms with Gasteiger partial charge in [0.1, 0.15) is 11.6 Å². The Balaban J connectivity index is 1.81. The standard InChI is InChI=1S/C15H13F3N2O2/c16-11-3-5-12(6-4-11)20-15(21)19-9-10-1-7-13(8-2-10)22-14(17)18/h1-8,14H,9H2,(H2,19,20,21). The Morgan fingerprint density at radius 1 is 1.05 bits per heavy atom. The number of hydrogen-bond donors (Lipinski definition) is 2. The molecule has 0 aliphatic rings. The van der Waals surface area contributed by atoms with Gasteiger partial charge in [-0.15, -0.1) is 0 Å². The number of halogens is 3. The van der Waals surface area contributed by atoms with Crippen molar-refractivity contribution in [2.75, 3.05) is 5.32 Å². The number of amides is 2. The van der Waals surface area contributed by atoms with Crippen molar-refractivity contribution in [2.45, 2.75) is 13.2 Å². The first kappa shape index (κ1) is 15.7. The number of carbonyl (C=O) groups is 1. The molecule has 0 heterocycles. The fourth-order valence-electron chi connectivity index (χ4n) is 1.68. The van der Waals surface area contributed by atoms with Crippen molar-refractivity contribution in [3.63, 3.8) is 0 Å². The Labute approximate surface area is 124 Å². The van der Waals surface area contributed by atoms with Gasteiger partial charge in [0.15, 0.2) is 0 Å². The third-order valence-corrected chi connectivity index (χ3v) is 2.70. The van der Waals surface area contributed by atoms with Crippen molar-refractivity contribution in [2.24, 2.45) is 0 Å². The third kappa shape index (κ3) is 5.01. The predicted octanol–water partition coefficient (Wildman–Crippen LogP) is 3.75. The van der Waals surface area contributed by atoms with Crippen molar-refractivity contribution in [3.05, 3.63) is 59.9 Å². The molecular formula is C15H13F3N2O2. The normalized spacial score (nSPS) is 10.4. The third-order valence-electron chi connectivity index (χ3n) is 2.70. The van der Waals surface area contributed by atoms with Gasteiger partial charge in [-0.3, -0.25) is 0 Å². The van der Waals surface area contributed by atoms with E-state index in [9.17, 15) is 18.0 Å². The molecule has 0 saturated carbocycles. The Morgan fingerprint density at radius 3 is 2.27 bits per heavy atom. The molecule has 4 nitrogen and oxygen atoms in total. The molecule has 0 aliphatic carbocycles. The van der Waals surface area contributed by atoms with Crippen LogP contribution in [0.2, 0.25) is 0 Å². The summed E-state index contributed by atoms with van der Waals surface area (Å²) in [6, 6.07) is 10.8. The second-order valence-corrected chi connectivity index (χ2v) is 4.34. The van der Waals surface area contributed by atoms with Gasteiger partial charge >= 0.3 is 12.6 Å². The lowest BCUT2D eigenvalue weighted by Gasteiger charge is -2.09. The second kappa shape index (κ2) is 7.35. The minimum atomic E-state index is -2.87. The second-order valence-electron chi connectivity index (χ2n) is 4.34. The summed E-state index contributed by atoms with van der Waals surface area (Å²) in [5.41, 5.74) is 1.18. The van der Waals surface area contributed by atoms with Crippen molar-refractivity contribution < 1.29 is 22.7 Å². The van der Waals surface area contributed by atoms with E-state index in [4.69, 9.17) is 0 Å². The zero-order valence-corrected chi connectivity index (χ0v) is 11.4. The van der Waals surface area contributed by atoms with Crippen LogP contribution >= 0.6 is 0 Å². The molecule has 0 saturated heterocycles. The van der Waals surface area contributed by atoms with Crippen LogP contribution in [0.3, 0.4) is 0 Å². The molecule has 2 rings (SSSR count). The summed E-state index contributed by atoms with van der Waals surface area (Å²) in [6.45, 7) is -2.66. The van der Waals surface area contributed by atoms with E-state index in [0.29, 0.717) is 5.69 Å². The van der Waals surface area contributed by atoms with Gasteiger partial charge in [0, 0.05) is 12.2 Å². The highest BCUT2D eigenvalue weighted by molar-refractivity contribution is 5.89. The summed E-state index contributed by atoms with van der Waals surface area (Å²) in [7, 11) is 0. The van der Waals surface area contributed by atoms with E-state index >= 15 is 0 Å². The Hall–Kier alpha value is -2.70. The van der Waals surface area contributed by atoms with E-state index in [0.717, 1.165) is 5.56 Å². The summed E-state index contributed by atoms with van der Waals surface area (Å²) in [5.74, 6) is -0.341. The molecule has 0 fully saturated rings. The molecule has 0 spiro atoms. The highest BCUT2D eigenvalue weighted by atomic mass is 19.3. The summed E-state index contributed by atoms with van der Waals surface area (Å²) in [6.07, 6.45) is 0. The number of carbonyl (C=O) groups excluding carboxylic acids is 1. The number of rotatable bonds is 5. The van der Waals surface area contributed by atoms with Crippen LogP contribution in [0, 0.1) is 5.82 Å². The van der Waals surface area contributed by atoms with E-state index in [1.54, 1.807) is 12.1 Å². The first-order valence-electron chi connectivity index (χ1n) is 6.37. The SMILES string of the molecule is O=C(NCc1ccc(OC(F)F)cc1)Nc1ccc(F)cc1. The smallest absolute Gasteiger partial charge is 0.387 e. The molecule has 7 heteroatoms. The van der Waals surface area contributed by atoms with Gasteiger partial charge in [-0.2, -0.15) is 8.78 Å². The maximum absolute atomic E-state index is 12.7. The zero-order valence-electron chi connectivity index (χ0n) is 11.4. The molecule has 0 bridgehead atoms. The topological polar surface area (TPSA) is 50.4 Å². The van der Waals surface area contributed by atoms with E-state index in [-0.39, 0.29) is 12.3 Å². The summed E-state index contributed by atoms with van der Waals surface area (Å²) >= 11 is 0. The average molecular weight is 310 g/mol. The minimum absolute atomic E-state index is 0.0505. The van der Waals surface area contributed by atoms with E-state index in [1.165, 1.54) is 36.4 Å². The fraction of sp³-hybridized carbons (Fsp3) is 0.133. The van der Waals surface area contributed by atoms with Crippen LogP contribution in [-0.4, -0.2) is 12.6 Å². The highest BCUT2D eigenvalue weighted by Gasteiger charge is 2.05. The number of urea groups is 1. The summed E-state index contributed by atoms with van der Waals surface area (Å²) in [4.78, 5) is 11.6. The van der Waals surface area contributed by atoms with Crippen LogP contribution in [0.25, 0.3) is 0 Å². The van der Waals surface area contributed by atoms with E-state index in [2.05, 4.69) is 15.4 Å². The Morgan fingerprint density at radius 2 is 1.68 bits per heavy atom. The molecule has 0 aliphatic heterocycles. The van der Waals surface area contributed by atoms with Crippen LogP contribution in [-0.2, 0) is 6.54 Å². The van der Waals surface area contributed by atoms with Crippen molar-refractivity contribution in [3.8, 4) is 5.75 Å². The van der Waals surface area contributed by atoms with Gasteiger partial charge in [0.25, 0.3) is 0 Å². The van der Waals surface area contributed by atoms with Crippen LogP contribution in [0.4, 0.5) is 23.7 Å². The molecule has 2 N–H and O–H groups in total. The fourth-order valence-corrected chi connectivity index (χ4v) is 1.68. The molecule has 22 heavy (non-hydrogen) atoms. The lowest BCUT2D eigenvalue weighted by Crippen LogP contribution is -2.28. The van der Waals surface area contributed by atoms with E-state index < -0.39 is 18.5 Å². The molecule has 0 aromatic heterocycles. The molecule has 0 unspecified atom stereocenters. The number of anilines is 1. The molecule has 116 valence electrons. The maximum atomic E-state index is 12.7. The monoisotopic (exact) mass is 310 g/mol. The van der Waals surface area contributed by atoms with Crippen LogP contribution in [0.15, 0.2) is 48.5 Å². The predicted molar refractivity (Wildman–Crippen MR) is 75.3 cm³/mol. The van der Waals surface area contributed by atoms with Gasteiger partial charge in [-0.25, -0.2) is 9.18 Å². The number of ether oxygens (including phenoxy) is 1. The average Bonchev–Trinajstić information content (AvgIpc) is 2.48.